The highest BCUT2D eigenvalue weighted by molar-refractivity contribution is 6.17. The van der Waals surface area contributed by atoms with E-state index in [0.717, 1.165) is 21.4 Å². The van der Waals surface area contributed by atoms with Gasteiger partial charge in [0.15, 0.2) is 5.69 Å². The van der Waals surface area contributed by atoms with Gasteiger partial charge < -0.3 is 9.94 Å². The third kappa shape index (κ3) is 2.36. The van der Waals surface area contributed by atoms with Gasteiger partial charge in [-0.1, -0.05) is 6.07 Å². The first-order valence-electron chi connectivity index (χ1n) is 8.02. The first-order chi connectivity index (χ1) is 11.8. The van der Waals surface area contributed by atoms with Crippen LogP contribution in [-0.2, 0) is 7.05 Å². The van der Waals surface area contributed by atoms with Crippen molar-refractivity contribution in [1.82, 2.24) is 9.78 Å². The van der Waals surface area contributed by atoms with Crippen molar-refractivity contribution in [2.45, 2.75) is 27.7 Å². The van der Waals surface area contributed by atoms with E-state index < -0.39 is 0 Å². The normalized spacial score (nSPS) is 11.1. The second-order valence-corrected chi connectivity index (χ2v) is 6.30. The third-order valence-corrected chi connectivity index (χ3v) is 4.93. The Kier molecular flexibility index (Phi) is 3.99. The summed E-state index contributed by atoms with van der Waals surface area (Å²) < 4.78 is 7.74. The van der Waals surface area contributed by atoms with Gasteiger partial charge >= 0.3 is 0 Å². The number of ether oxygens (including phenoxy) is 1. The minimum Gasteiger partial charge on any atom is -0.618 e. The lowest BCUT2D eigenvalue weighted by Crippen LogP contribution is -2.33. The number of hydrogen-bond donors (Lipinski definition) is 0. The van der Waals surface area contributed by atoms with Crippen LogP contribution in [0.3, 0.4) is 0 Å². The molecule has 0 aliphatic rings. The standard InChI is InChI=1S/C19H21N3O3/c1-10-7-8-14(18(23)15-9-20-21(5)19(15)25-6)16-12(3)11(2)13(4)22(24)17(10)16/h7-9H,1-6H3. The lowest BCUT2D eigenvalue weighted by Gasteiger charge is -2.15. The predicted molar refractivity (Wildman–Crippen MR) is 95.0 cm³/mol. The van der Waals surface area contributed by atoms with Crippen LogP contribution in [0.4, 0.5) is 0 Å². The summed E-state index contributed by atoms with van der Waals surface area (Å²) in [6.45, 7) is 7.53. The number of fused-ring (bicyclic) bond motifs is 1. The number of aromatic nitrogens is 3. The Morgan fingerprint density at radius 1 is 1.16 bits per heavy atom. The molecule has 1 aromatic carbocycles. The fraction of sp³-hybridized carbons (Fsp3) is 0.316. The number of benzene rings is 1. The van der Waals surface area contributed by atoms with E-state index in [0.29, 0.717) is 33.6 Å². The lowest BCUT2D eigenvalue weighted by atomic mass is 9.93. The van der Waals surface area contributed by atoms with E-state index in [-0.39, 0.29) is 5.78 Å². The van der Waals surface area contributed by atoms with Crippen molar-refractivity contribution in [2.24, 2.45) is 7.05 Å². The molecule has 0 aliphatic carbocycles. The lowest BCUT2D eigenvalue weighted by molar-refractivity contribution is -0.584. The van der Waals surface area contributed by atoms with Crippen LogP contribution < -0.4 is 9.47 Å². The molecule has 0 saturated heterocycles. The molecule has 0 bridgehead atoms. The molecule has 6 nitrogen and oxygen atoms in total. The first kappa shape index (κ1) is 17.0. The SMILES string of the molecule is COc1c(C(=O)c2ccc(C)c3c2c(C)c(C)c(C)[n+]3[O-])cnn1C. The van der Waals surface area contributed by atoms with Crippen LogP contribution in [0.5, 0.6) is 5.88 Å². The summed E-state index contributed by atoms with van der Waals surface area (Å²) in [7, 11) is 3.22. The molecular formula is C19H21N3O3. The Balaban J connectivity index is 2.38. The van der Waals surface area contributed by atoms with E-state index in [1.54, 1.807) is 26.1 Å². The van der Waals surface area contributed by atoms with Crippen LogP contribution in [0.1, 0.15) is 38.3 Å². The average molecular weight is 339 g/mol. The van der Waals surface area contributed by atoms with Gasteiger partial charge in [0.05, 0.1) is 18.7 Å². The molecule has 0 radical (unpaired) electrons. The summed E-state index contributed by atoms with van der Waals surface area (Å²) in [5.74, 6) is 0.191. The van der Waals surface area contributed by atoms with Crippen molar-refractivity contribution < 1.29 is 14.3 Å². The number of nitrogens with zero attached hydrogens (tertiary/aromatic N) is 3. The molecule has 2 heterocycles. The Morgan fingerprint density at radius 3 is 2.48 bits per heavy atom. The Labute approximate surface area is 146 Å². The Morgan fingerprint density at radius 2 is 1.84 bits per heavy atom. The molecule has 6 heteroatoms. The van der Waals surface area contributed by atoms with E-state index in [2.05, 4.69) is 5.10 Å². The number of methoxy groups -OCH3 is 1. The van der Waals surface area contributed by atoms with Crippen LogP contribution in [0.25, 0.3) is 10.9 Å². The fourth-order valence-corrected chi connectivity index (χ4v) is 3.27. The summed E-state index contributed by atoms with van der Waals surface area (Å²) in [4.78, 5) is 13.2. The van der Waals surface area contributed by atoms with Gasteiger partial charge in [-0.2, -0.15) is 9.83 Å². The zero-order chi connectivity index (χ0) is 18.5. The minimum atomic E-state index is -0.207. The van der Waals surface area contributed by atoms with Gasteiger partial charge in [-0.3, -0.25) is 4.79 Å². The highest BCUT2D eigenvalue weighted by Crippen LogP contribution is 2.30. The molecule has 0 unspecified atom stereocenters. The maximum absolute atomic E-state index is 13.2. The van der Waals surface area contributed by atoms with Gasteiger partial charge in [-0.15, -0.1) is 0 Å². The number of aryl methyl sites for hydroxylation is 3. The monoisotopic (exact) mass is 339 g/mol. The zero-order valence-electron chi connectivity index (χ0n) is 15.3. The highest BCUT2D eigenvalue weighted by atomic mass is 16.5. The number of hydrogen-bond acceptors (Lipinski definition) is 4. The van der Waals surface area contributed by atoms with E-state index in [1.807, 2.05) is 20.8 Å². The molecular weight excluding hydrogens is 318 g/mol. The van der Waals surface area contributed by atoms with Crippen LogP contribution in [0.2, 0.25) is 0 Å². The average Bonchev–Trinajstić information content (AvgIpc) is 2.97. The number of pyridine rings is 1. The van der Waals surface area contributed by atoms with Crippen molar-refractivity contribution in [1.29, 1.82) is 0 Å². The molecule has 0 N–H and O–H groups in total. The quantitative estimate of drug-likeness (QED) is 0.418. The number of carbonyl (C=O) groups is 1. The van der Waals surface area contributed by atoms with Gasteiger partial charge in [0, 0.05) is 30.7 Å². The molecule has 0 fully saturated rings. The van der Waals surface area contributed by atoms with Crippen molar-refractivity contribution in [3.63, 3.8) is 0 Å². The van der Waals surface area contributed by atoms with Crippen molar-refractivity contribution in [2.75, 3.05) is 7.11 Å². The molecule has 0 atom stereocenters. The second kappa shape index (κ2) is 5.88. The highest BCUT2D eigenvalue weighted by Gasteiger charge is 2.26. The molecule has 3 rings (SSSR count). The smallest absolute Gasteiger partial charge is 0.227 e. The maximum Gasteiger partial charge on any atom is 0.227 e. The number of ketones is 1. The van der Waals surface area contributed by atoms with E-state index in [9.17, 15) is 10.0 Å². The molecule has 0 saturated carbocycles. The largest absolute Gasteiger partial charge is 0.618 e. The predicted octanol–water partition coefficient (Wildman–Crippen LogP) is 2.68. The third-order valence-electron chi connectivity index (χ3n) is 4.93. The summed E-state index contributed by atoms with van der Waals surface area (Å²) in [5.41, 5.74) is 4.72. The van der Waals surface area contributed by atoms with Crippen molar-refractivity contribution >= 4 is 16.7 Å². The van der Waals surface area contributed by atoms with Crippen molar-refractivity contribution in [3.05, 3.63) is 57.0 Å². The number of rotatable bonds is 3. The maximum atomic E-state index is 13.2. The van der Waals surface area contributed by atoms with Crippen LogP contribution in [0, 0.1) is 32.9 Å². The van der Waals surface area contributed by atoms with Gasteiger partial charge in [0.2, 0.25) is 17.2 Å². The second-order valence-electron chi connectivity index (χ2n) is 6.30. The molecule has 0 amide bonds. The molecule has 0 aliphatic heterocycles. The summed E-state index contributed by atoms with van der Waals surface area (Å²) >= 11 is 0. The fourth-order valence-electron chi connectivity index (χ4n) is 3.27. The van der Waals surface area contributed by atoms with Gasteiger partial charge in [-0.25, -0.2) is 4.68 Å². The van der Waals surface area contributed by atoms with Crippen molar-refractivity contribution in [3.8, 4) is 5.88 Å². The molecule has 130 valence electrons. The van der Waals surface area contributed by atoms with E-state index >= 15 is 0 Å². The van der Waals surface area contributed by atoms with Crippen LogP contribution in [-0.4, -0.2) is 22.7 Å². The molecule has 25 heavy (non-hydrogen) atoms. The van der Waals surface area contributed by atoms with E-state index in [4.69, 9.17) is 4.74 Å². The minimum absolute atomic E-state index is 0.207. The Bertz CT molecular complexity index is 1020. The summed E-state index contributed by atoms with van der Waals surface area (Å²) in [6, 6.07) is 3.58. The van der Waals surface area contributed by atoms with Gasteiger partial charge in [-0.05, 0) is 32.4 Å². The number of carbonyl (C=O) groups excluding carboxylic acids is 1. The molecule has 3 aromatic rings. The topological polar surface area (TPSA) is 71.1 Å². The van der Waals surface area contributed by atoms with Gasteiger partial charge in [0.1, 0.15) is 5.56 Å². The zero-order valence-corrected chi connectivity index (χ0v) is 15.3. The molecule has 2 aromatic heterocycles. The Hall–Kier alpha value is -2.89. The van der Waals surface area contributed by atoms with E-state index in [1.165, 1.54) is 18.0 Å². The van der Waals surface area contributed by atoms with Gasteiger partial charge in [0.25, 0.3) is 0 Å². The first-order valence-corrected chi connectivity index (χ1v) is 8.02. The summed E-state index contributed by atoms with van der Waals surface area (Å²) in [6.07, 6.45) is 1.49. The van der Waals surface area contributed by atoms with Crippen LogP contribution in [0.15, 0.2) is 18.3 Å². The molecule has 0 spiro atoms. The summed E-state index contributed by atoms with van der Waals surface area (Å²) in [5, 5.41) is 17.5. The van der Waals surface area contributed by atoms with Crippen LogP contribution >= 0.6 is 0 Å².